The van der Waals surface area contributed by atoms with Gasteiger partial charge >= 0.3 is 0 Å². The van der Waals surface area contributed by atoms with Crippen LogP contribution in [-0.4, -0.2) is 9.55 Å². The molecule has 106 valence electrons. The number of hydrogen-bond donors (Lipinski definition) is 1. The molecule has 0 spiro atoms. The van der Waals surface area contributed by atoms with Crippen molar-refractivity contribution in [2.75, 3.05) is 5.32 Å². The molecule has 3 rings (SSSR count). The van der Waals surface area contributed by atoms with Crippen LogP contribution in [0.2, 0.25) is 0 Å². The van der Waals surface area contributed by atoms with Crippen molar-refractivity contribution in [1.29, 1.82) is 0 Å². The summed E-state index contributed by atoms with van der Waals surface area (Å²) in [4.78, 5) is 4.59. The highest BCUT2D eigenvalue weighted by atomic mass is 79.9. The summed E-state index contributed by atoms with van der Waals surface area (Å²) in [6, 6.07) is 16.4. The number of imidazole rings is 1. The van der Waals surface area contributed by atoms with E-state index in [4.69, 9.17) is 0 Å². The van der Waals surface area contributed by atoms with E-state index in [0.717, 1.165) is 27.5 Å². The second-order valence-electron chi connectivity index (χ2n) is 5.00. The smallest absolute Gasteiger partial charge is 0.212 e. The second-order valence-corrected chi connectivity index (χ2v) is 5.91. The van der Waals surface area contributed by atoms with Crippen molar-refractivity contribution in [1.82, 2.24) is 9.55 Å². The number of para-hydroxylation sites is 1. The van der Waals surface area contributed by atoms with Gasteiger partial charge in [0.05, 0.1) is 5.69 Å². The monoisotopic (exact) mass is 341 g/mol. The second kappa shape index (κ2) is 5.74. The summed E-state index contributed by atoms with van der Waals surface area (Å²) in [5.74, 6) is 0.819. The van der Waals surface area contributed by atoms with Crippen molar-refractivity contribution in [3.05, 3.63) is 70.5 Å². The fourth-order valence-corrected chi connectivity index (χ4v) is 2.58. The molecule has 0 unspecified atom stereocenters. The molecule has 0 bridgehead atoms. The van der Waals surface area contributed by atoms with Gasteiger partial charge in [0.25, 0.3) is 0 Å². The number of hydrogen-bond acceptors (Lipinski definition) is 2. The van der Waals surface area contributed by atoms with Gasteiger partial charge in [-0.2, -0.15) is 0 Å². The summed E-state index contributed by atoms with van der Waals surface area (Å²) < 4.78 is 3.11. The Morgan fingerprint density at radius 1 is 1.05 bits per heavy atom. The van der Waals surface area contributed by atoms with Crippen LogP contribution >= 0.6 is 15.9 Å². The Morgan fingerprint density at radius 2 is 1.81 bits per heavy atom. The van der Waals surface area contributed by atoms with Gasteiger partial charge in [-0.05, 0) is 43.7 Å². The van der Waals surface area contributed by atoms with Crippen molar-refractivity contribution in [2.24, 2.45) is 0 Å². The zero-order chi connectivity index (χ0) is 14.8. The number of halogens is 1. The van der Waals surface area contributed by atoms with Gasteiger partial charge in [0.1, 0.15) is 0 Å². The number of nitrogens with one attached hydrogen (secondary N) is 1. The number of aryl methyl sites for hydroxylation is 2. The first-order chi connectivity index (χ1) is 10.1. The minimum absolute atomic E-state index is 0.819. The van der Waals surface area contributed by atoms with E-state index in [9.17, 15) is 0 Å². The Kier molecular flexibility index (Phi) is 3.80. The molecule has 1 heterocycles. The molecule has 0 saturated heterocycles. The lowest BCUT2D eigenvalue weighted by atomic mass is 10.2. The molecule has 21 heavy (non-hydrogen) atoms. The average molecular weight is 342 g/mol. The maximum absolute atomic E-state index is 4.59. The maximum atomic E-state index is 4.59. The van der Waals surface area contributed by atoms with Gasteiger partial charge < -0.3 is 5.32 Å². The predicted molar refractivity (Wildman–Crippen MR) is 90.5 cm³/mol. The summed E-state index contributed by atoms with van der Waals surface area (Å²) in [7, 11) is 0. The Morgan fingerprint density at radius 3 is 2.57 bits per heavy atom. The first-order valence-electron chi connectivity index (χ1n) is 6.78. The fourth-order valence-electron chi connectivity index (χ4n) is 2.22. The van der Waals surface area contributed by atoms with Crippen LogP contribution in [-0.2, 0) is 0 Å². The standard InChI is InChI=1S/C17H16BrN3/c1-12-8-9-14(18)10-16(12)20-17-19-13(2)11-21(17)15-6-4-3-5-7-15/h3-11H,1-2H3,(H,19,20). The van der Waals surface area contributed by atoms with Crippen LogP contribution in [0.4, 0.5) is 11.6 Å². The number of aromatic nitrogens is 2. The first kappa shape index (κ1) is 13.9. The summed E-state index contributed by atoms with van der Waals surface area (Å²) >= 11 is 3.51. The van der Waals surface area contributed by atoms with Crippen LogP contribution in [0.5, 0.6) is 0 Å². The molecule has 0 aliphatic rings. The van der Waals surface area contributed by atoms with E-state index in [1.165, 1.54) is 5.56 Å². The number of rotatable bonds is 3. The molecule has 4 heteroatoms. The van der Waals surface area contributed by atoms with E-state index >= 15 is 0 Å². The molecule has 2 aromatic carbocycles. The molecule has 3 aromatic rings. The minimum atomic E-state index is 0.819. The topological polar surface area (TPSA) is 29.9 Å². The molecule has 3 nitrogen and oxygen atoms in total. The van der Waals surface area contributed by atoms with Crippen LogP contribution in [0.25, 0.3) is 5.69 Å². The van der Waals surface area contributed by atoms with Gasteiger partial charge in [0.2, 0.25) is 5.95 Å². The zero-order valence-electron chi connectivity index (χ0n) is 12.0. The maximum Gasteiger partial charge on any atom is 0.212 e. The van der Waals surface area contributed by atoms with Crippen molar-refractivity contribution in [3.8, 4) is 5.69 Å². The van der Waals surface area contributed by atoms with E-state index in [-0.39, 0.29) is 0 Å². The van der Waals surface area contributed by atoms with Gasteiger partial charge in [-0.1, -0.05) is 40.2 Å². The molecule has 1 aromatic heterocycles. The molecule has 0 fully saturated rings. The molecule has 0 radical (unpaired) electrons. The lowest BCUT2D eigenvalue weighted by molar-refractivity contribution is 1.06. The van der Waals surface area contributed by atoms with Crippen molar-refractivity contribution in [2.45, 2.75) is 13.8 Å². The lowest BCUT2D eigenvalue weighted by Crippen LogP contribution is -2.02. The van der Waals surface area contributed by atoms with E-state index in [2.05, 4.69) is 62.0 Å². The summed E-state index contributed by atoms with van der Waals surface area (Å²) in [5, 5.41) is 3.42. The zero-order valence-corrected chi connectivity index (χ0v) is 13.6. The molecule has 0 amide bonds. The van der Waals surface area contributed by atoms with Gasteiger partial charge in [-0.25, -0.2) is 4.98 Å². The third-order valence-corrected chi connectivity index (χ3v) is 3.80. The van der Waals surface area contributed by atoms with Gasteiger partial charge in [0, 0.05) is 22.0 Å². The first-order valence-corrected chi connectivity index (χ1v) is 7.57. The molecular formula is C17H16BrN3. The Hall–Kier alpha value is -2.07. The predicted octanol–water partition coefficient (Wildman–Crippen LogP) is 5.00. The number of anilines is 2. The van der Waals surface area contributed by atoms with Crippen molar-refractivity contribution < 1.29 is 0 Å². The summed E-state index contributed by atoms with van der Waals surface area (Å²) in [6.45, 7) is 4.08. The molecule has 1 N–H and O–H groups in total. The van der Waals surface area contributed by atoms with E-state index in [0.29, 0.717) is 0 Å². The van der Waals surface area contributed by atoms with Crippen LogP contribution in [0.3, 0.4) is 0 Å². The van der Waals surface area contributed by atoms with Crippen LogP contribution in [0.15, 0.2) is 59.2 Å². The Labute approximate surface area is 132 Å². The third-order valence-electron chi connectivity index (χ3n) is 3.31. The summed E-state index contributed by atoms with van der Waals surface area (Å²) in [5.41, 5.74) is 4.30. The average Bonchev–Trinajstić information content (AvgIpc) is 2.85. The van der Waals surface area contributed by atoms with E-state index in [1.807, 2.05) is 37.4 Å². The Bertz CT molecular complexity index is 763. The number of nitrogens with zero attached hydrogens (tertiary/aromatic N) is 2. The molecule has 0 atom stereocenters. The van der Waals surface area contributed by atoms with Crippen molar-refractivity contribution >= 4 is 27.6 Å². The van der Waals surface area contributed by atoms with Crippen molar-refractivity contribution in [3.63, 3.8) is 0 Å². The lowest BCUT2D eigenvalue weighted by Gasteiger charge is -2.12. The molecule has 0 aliphatic heterocycles. The largest absolute Gasteiger partial charge is 0.325 e. The normalized spacial score (nSPS) is 10.6. The fraction of sp³-hybridized carbons (Fsp3) is 0.118. The highest BCUT2D eigenvalue weighted by molar-refractivity contribution is 9.10. The third kappa shape index (κ3) is 3.00. The molecule has 0 aliphatic carbocycles. The number of benzene rings is 2. The van der Waals surface area contributed by atoms with E-state index < -0.39 is 0 Å². The SMILES string of the molecule is Cc1cn(-c2ccccc2)c(Nc2cc(Br)ccc2C)n1. The van der Waals surface area contributed by atoms with Gasteiger partial charge in [-0.3, -0.25) is 4.57 Å². The molecule has 0 saturated carbocycles. The minimum Gasteiger partial charge on any atom is -0.325 e. The summed E-state index contributed by atoms with van der Waals surface area (Å²) in [6.07, 6.45) is 2.03. The Balaban J connectivity index is 2.02. The van der Waals surface area contributed by atoms with Crippen LogP contribution in [0.1, 0.15) is 11.3 Å². The van der Waals surface area contributed by atoms with E-state index in [1.54, 1.807) is 0 Å². The highest BCUT2D eigenvalue weighted by Crippen LogP contribution is 2.25. The quantitative estimate of drug-likeness (QED) is 0.726. The highest BCUT2D eigenvalue weighted by Gasteiger charge is 2.09. The van der Waals surface area contributed by atoms with Gasteiger partial charge in [0.15, 0.2) is 0 Å². The van der Waals surface area contributed by atoms with Crippen LogP contribution < -0.4 is 5.32 Å². The molecular weight excluding hydrogens is 326 g/mol. The van der Waals surface area contributed by atoms with Gasteiger partial charge in [-0.15, -0.1) is 0 Å². The van der Waals surface area contributed by atoms with Crippen LogP contribution in [0, 0.1) is 13.8 Å².